The third-order valence-electron chi connectivity index (χ3n) is 4.11. The van der Waals surface area contributed by atoms with E-state index in [0.717, 1.165) is 22.8 Å². The average molecular weight is 244 g/mol. The first-order chi connectivity index (χ1) is 8.75. The molecule has 1 N–H and O–H groups in total. The largest absolute Gasteiger partial charge is 0.365 e. The van der Waals surface area contributed by atoms with Crippen molar-refractivity contribution in [2.24, 2.45) is 13.0 Å². The Labute approximate surface area is 107 Å². The Morgan fingerprint density at radius 1 is 1.33 bits per heavy atom. The maximum Gasteiger partial charge on any atom is 0.154 e. The summed E-state index contributed by atoms with van der Waals surface area (Å²) in [6.45, 7) is 2.26. The number of anilines is 1. The molecular weight excluding hydrogens is 224 g/mol. The molecule has 1 fully saturated rings. The van der Waals surface area contributed by atoms with E-state index >= 15 is 0 Å². The second-order valence-electron chi connectivity index (χ2n) is 5.36. The van der Waals surface area contributed by atoms with Crippen LogP contribution in [0.25, 0.3) is 11.0 Å². The molecule has 1 aliphatic carbocycles. The molecule has 1 atom stereocenters. The van der Waals surface area contributed by atoms with Crippen molar-refractivity contribution in [3.8, 4) is 0 Å². The van der Waals surface area contributed by atoms with Crippen molar-refractivity contribution in [1.82, 2.24) is 14.5 Å². The molecule has 3 rings (SSSR count). The first kappa shape index (κ1) is 11.5. The van der Waals surface area contributed by atoms with Crippen molar-refractivity contribution in [3.63, 3.8) is 0 Å². The van der Waals surface area contributed by atoms with Gasteiger partial charge >= 0.3 is 0 Å². The minimum atomic E-state index is 0.479. The minimum absolute atomic E-state index is 0.479. The number of pyridine rings is 1. The van der Waals surface area contributed by atoms with Gasteiger partial charge in [-0.05, 0) is 31.7 Å². The van der Waals surface area contributed by atoms with Gasteiger partial charge in [-0.1, -0.05) is 12.8 Å². The zero-order valence-corrected chi connectivity index (χ0v) is 11.1. The maximum absolute atomic E-state index is 4.44. The molecule has 0 amide bonds. The van der Waals surface area contributed by atoms with E-state index in [-0.39, 0.29) is 0 Å². The highest BCUT2D eigenvalue weighted by molar-refractivity contribution is 5.85. The van der Waals surface area contributed by atoms with Crippen molar-refractivity contribution in [1.29, 1.82) is 0 Å². The quantitative estimate of drug-likeness (QED) is 0.902. The van der Waals surface area contributed by atoms with Crippen LogP contribution in [0.5, 0.6) is 0 Å². The van der Waals surface area contributed by atoms with Gasteiger partial charge in [-0.3, -0.25) is 0 Å². The maximum atomic E-state index is 4.44. The summed E-state index contributed by atoms with van der Waals surface area (Å²) in [6.07, 6.45) is 9.13. The van der Waals surface area contributed by atoms with E-state index in [2.05, 4.69) is 22.2 Å². The van der Waals surface area contributed by atoms with E-state index in [0.29, 0.717) is 6.04 Å². The molecule has 0 radical (unpaired) electrons. The molecule has 0 spiro atoms. The number of aryl methyl sites for hydroxylation is 1. The lowest BCUT2D eigenvalue weighted by Crippen LogP contribution is -2.24. The van der Waals surface area contributed by atoms with Gasteiger partial charge in [-0.15, -0.1) is 0 Å². The van der Waals surface area contributed by atoms with Gasteiger partial charge in [0.15, 0.2) is 5.82 Å². The first-order valence-electron chi connectivity index (χ1n) is 6.78. The molecule has 4 nitrogen and oxygen atoms in total. The molecule has 1 aliphatic rings. The van der Waals surface area contributed by atoms with Gasteiger partial charge in [0.05, 0.1) is 11.8 Å². The molecule has 18 heavy (non-hydrogen) atoms. The number of fused-ring (bicyclic) bond motifs is 1. The third-order valence-corrected chi connectivity index (χ3v) is 4.11. The lowest BCUT2D eigenvalue weighted by molar-refractivity contribution is 0.481. The molecule has 0 saturated heterocycles. The van der Waals surface area contributed by atoms with Gasteiger partial charge in [0.1, 0.15) is 5.52 Å². The van der Waals surface area contributed by atoms with Crippen molar-refractivity contribution >= 4 is 16.9 Å². The van der Waals surface area contributed by atoms with Crippen LogP contribution in [0.3, 0.4) is 0 Å². The van der Waals surface area contributed by atoms with Gasteiger partial charge in [0.25, 0.3) is 0 Å². The van der Waals surface area contributed by atoms with Crippen LogP contribution in [0.2, 0.25) is 0 Å². The third kappa shape index (κ3) is 1.96. The number of imidazole rings is 1. The van der Waals surface area contributed by atoms with E-state index in [1.807, 2.05) is 30.2 Å². The van der Waals surface area contributed by atoms with Gasteiger partial charge in [0.2, 0.25) is 0 Å². The molecule has 1 unspecified atom stereocenters. The Morgan fingerprint density at radius 3 is 2.89 bits per heavy atom. The summed E-state index contributed by atoms with van der Waals surface area (Å²) in [7, 11) is 2.01. The number of nitrogens with one attached hydrogen (secondary N) is 1. The molecule has 1 saturated carbocycles. The topological polar surface area (TPSA) is 42.7 Å². The number of aromatic nitrogens is 3. The highest BCUT2D eigenvalue weighted by Crippen LogP contribution is 2.30. The summed E-state index contributed by atoms with van der Waals surface area (Å²) in [5, 5.41) is 3.55. The molecule has 4 heteroatoms. The summed E-state index contributed by atoms with van der Waals surface area (Å²) in [5.74, 6) is 1.71. The molecular formula is C14H20N4. The Kier molecular flexibility index (Phi) is 2.94. The summed E-state index contributed by atoms with van der Waals surface area (Å²) in [5.41, 5.74) is 2.11. The van der Waals surface area contributed by atoms with Gasteiger partial charge < -0.3 is 9.88 Å². The van der Waals surface area contributed by atoms with Crippen LogP contribution in [0, 0.1) is 5.92 Å². The van der Waals surface area contributed by atoms with Crippen LogP contribution in [-0.2, 0) is 7.05 Å². The van der Waals surface area contributed by atoms with E-state index in [9.17, 15) is 0 Å². The Balaban J connectivity index is 1.85. The first-order valence-corrected chi connectivity index (χ1v) is 6.78. The van der Waals surface area contributed by atoms with Gasteiger partial charge in [-0.25, -0.2) is 9.97 Å². The summed E-state index contributed by atoms with van der Waals surface area (Å²) in [4.78, 5) is 8.88. The van der Waals surface area contributed by atoms with E-state index < -0.39 is 0 Å². The summed E-state index contributed by atoms with van der Waals surface area (Å²) < 4.78 is 2.03. The van der Waals surface area contributed by atoms with E-state index in [1.165, 1.54) is 25.7 Å². The number of hydrogen-bond donors (Lipinski definition) is 1. The number of nitrogens with zero attached hydrogens (tertiary/aromatic N) is 3. The Hall–Kier alpha value is -1.58. The summed E-state index contributed by atoms with van der Waals surface area (Å²) in [6, 6.07) is 2.49. The normalized spacial score (nSPS) is 18.3. The van der Waals surface area contributed by atoms with Crippen molar-refractivity contribution in [2.45, 2.75) is 38.6 Å². The zero-order valence-electron chi connectivity index (χ0n) is 11.1. The molecule has 96 valence electrons. The van der Waals surface area contributed by atoms with Crippen LogP contribution >= 0.6 is 0 Å². The lowest BCUT2D eigenvalue weighted by atomic mass is 10.00. The molecule has 0 bridgehead atoms. The monoisotopic (exact) mass is 244 g/mol. The van der Waals surface area contributed by atoms with Crippen molar-refractivity contribution in [2.75, 3.05) is 5.32 Å². The molecule has 0 aliphatic heterocycles. The fourth-order valence-electron chi connectivity index (χ4n) is 2.96. The molecule has 2 heterocycles. The Bertz CT molecular complexity index is 540. The summed E-state index contributed by atoms with van der Waals surface area (Å²) >= 11 is 0. The van der Waals surface area contributed by atoms with Crippen LogP contribution in [0.15, 0.2) is 18.6 Å². The smallest absolute Gasteiger partial charge is 0.154 e. The van der Waals surface area contributed by atoms with Crippen LogP contribution in [-0.4, -0.2) is 20.6 Å². The standard InChI is InChI=1S/C14H20N4/c1-10(11-5-3-4-6-11)17-14-13-12(7-8-15-14)18(2)9-16-13/h7-11H,3-6H2,1-2H3,(H,15,17). The van der Waals surface area contributed by atoms with Gasteiger partial charge in [0, 0.05) is 19.3 Å². The van der Waals surface area contributed by atoms with Crippen LogP contribution in [0.1, 0.15) is 32.6 Å². The highest BCUT2D eigenvalue weighted by Gasteiger charge is 2.22. The zero-order chi connectivity index (χ0) is 12.5. The van der Waals surface area contributed by atoms with E-state index in [1.54, 1.807) is 0 Å². The second kappa shape index (κ2) is 4.59. The highest BCUT2D eigenvalue weighted by atomic mass is 15.1. The van der Waals surface area contributed by atoms with Crippen LogP contribution in [0.4, 0.5) is 5.82 Å². The molecule has 2 aromatic heterocycles. The fraction of sp³-hybridized carbons (Fsp3) is 0.571. The fourth-order valence-corrected chi connectivity index (χ4v) is 2.96. The van der Waals surface area contributed by atoms with E-state index in [4.69, 9.17) is 0 Å². The van der Waals surface area contributed by atoms with Crippen molar-refractivity contribution in [3.05, 3.63) is 18.6 Å². The van der Waals surface area contributed by atoms with Crippen LogP contribution < -0.4 is 5.32 Å². The predicted octanol–water partition coefficient (Wildman–Crippen LogP) is 2.96. The average Bonchev–Trinajstić information content (AvgIpc) is 3.00. The Morgan fingerprint density at radius 2 is 2.11 bits per heavy atom. The second-order valence-corrected chi connectivity index (χ2v) is 5.36. The van der Waals surface area contributed by atoms with Crippen molar-refractivity contribution < 1.29 is 0 Å². The SMILES string of the molecule is CC(Nc1nccc2c1ncn2C)C1CCCC1. The molecule has 2 aromatic rings. The minimum Gasteiger partial charge on any atom is -0.365 e. The number of rotatable bonds is 3. The van der Waals surface area contributed by atoms with Gasteiger partial charge in [-0.2, -0.15) is 0 Å². The predicted molar refractivity (Wildman–Crippen MR) is 73.6 cm³/mol. The molecule has 0 aromatic carbocycles. The number of hydrogen-bond acceptors (Lipinski definition) is 3. The lowest BCUT2D eigenvalue weighted by Gasteiger charge is -2.20.